The zero-order chi connectivity index (χ0) is 14.7. The highest BCUT2D eigenvalue weighted by molar-refractivity contribution is 5.91. The van der Waals surface area contributed by atoms with Crippen molar-refractivity contribution in [2.75, 3.05) is 19.6 Å². The molecule has 6 nitrogen and oxygen atoms in total. The van der Waals surface area contributed by atoms with Gasteiger partial charge in [0.05, 0.1) is 0 Å². The second-order valence-electron chi connectivity index (χ2n) is 5.36. The SMILES string of the molecule is CC(C)C(=O)N1CCN(C(=O)c2ncccn2)C(C)C1. The summed E-state index contributed by atoms with van der Waals surface area (Å²) in [7, 11) is 0. The maximum atomic E-state index is 12.3. The van der Waals surface area contributed by atoms with Gasteiger partial charge in [-0.1, -0.05) is 13.8 Å². The average Bonchev–Trinajstić information content (AvgIpc) is 2.46. The molecule has 1 aromatic heterocycles. The van der Waals surface area contributed by atoms with Crippen molar-refractivity contribution in [1.29, 1.82) is 0 Å². The summed E-state index contributed by atoms with van der Waals surface area (Å²) in [4.78, 5) is 35.8. The summed E-state index contributed by atoms with van der Waals surface area (Å²) in [6, 6.07) is 1.65. The highest BCUT2D eigenvalue weighted by atomic mass is 16.2. The summed E-state index contributed by atoms with van der Waals surface area (Å²) in [6.45, 7) is 7.39. The van der Waals surface area contributed by atoms with Crippen LogP contribution >= 0.6 is 0 Å². The number of aromatic nitrogens is 2. The zero-order valence-corrected chi connectivity index (χ0v) is 12.1. The van der Waals surface area contributed by atoms with E-state index in [1.807, 2.05) is 25.7 Å². The Morgan fingerprint density at radius 1 is 1.25 bits per heavy atom. The maximum Gasteiger partial charge on any atom is 0.292 e. The molecule has 108 valence electrons. The molecule has 0 aliphatic carbocycles. The van der Waals surface area contributed by atoms with Gasteiger partial charge in [-0.2, -0.15) is 0 Å². The summed E-state index contributed by atoms with van der Waals surface area (Å²) >= 11 is 0. The highest BCUT2D eigenvalue weighted by Crippen LogP contribution is 2.14. The lowest BCUT2D eigenvalue weighted by atomic mass is 10.1. The third-order valence-corrected chi connectivity index (χ3v) is 3.45. The van der Waals surface area contributed by atoms with Crippen molar-refractivity contribution in [2.45, 2.75) is 26.8 Å². The van der Waals surface area contributed by atoms with Gasteiger partial charge in [0.1, 0.15) is 0 Å². The molecule has 2 rings (SSSR count). The molecule has 1 saturated heterocycles. The number of hydrogen-bond acceptors (Lipinski definition) is 4. The third kappa shape index (κ3) is 2.95. The van der Waals surface area contributed by atoms with E-state index in [-0.39, 0.29) is 29.6 Å². The maximum absolute atomic E-state index is 12.3. The summed E-state index contributed by atoms with van der Waals surface area (Å²) in [5.41, 5.74) is 0. The molecular formula is C14H20N4O2. The molecule has 1 unspecified atom stereocenters. The molecular weight excluding hydrogens is 256 g/mol. The Bertz CT molecular complexity index is 489. The second-order valence-corrected chi connectivity index (χ2v) is 5.36. The van der Waals surface area contributed by atoms with Gasteiger partial charge in [0.15, 0.2) is 0 Å². The number of nitrogens with zero attached hydrogens (tertiary/aromatic N) is 4. The van der Waals surface area contributed by atoms with E-state index in [0.717, 1.165) is 0 Å². The Labute approximate surface area is 118 Å². The normalized spacial score (nSPS) is 19.3. The molecule has 2 amide bonds. The first kappa shape index (κ1) is 14.4. The van der Waals surface area contributed by atoms with E-state index in [1.54, 1.807) is 23.4 Å². The first-order valence-corrected chi connectivity index (χ1v) is 6.87. The number of rotatable bonds is 2. The predicted molar refractivity (Wildman–Crippen MR) is 73.9 cm³/mol. The van der Waals surface area contributed by atoms with Crippen LogP contribution in [0.3, 0.4) is 0 Å². The van der Waals surface area contributed by atoms with Crippen LogP contribution in [0.1, 0.15) is 31.4 Å². The van der Waals surface area contributed by atoms with Gasteiger partial charge in [-0.25, -0.2) is 9.97 Å². The molecule has 20 heavy (non-hydrogen) atoms. The van der Waals surface area contributed by atoms with Crippen LogP contribution in [0.2, 0.25) is 0 Å². The fourth-order valence-corrected chi connectivity index (χ4v) is 2.36. The predicted octanol–water partition coefficient (Wildman–Crippen LogP) is 0.805. The molecule has 0 bridgehead atoms. The van der Waals surface area contributed by atoms with Crippen LogP contribution < -0.4 is 0 Å². The van der Waals surface area contributed by atoms with Gasteiger partial charge in [-0.3, -0.25) is 9.59 Å². The smallest absolute Gasteiger partial charge is 0.292 e. The van der Waals surface area contributed by atoms with Crippen molar-refractivity contribution in [3.8, 4) is 0 Å². The van der Waals surface area contributed by atoms with Crippen molar-refractivity contribution in [2.24, 2.45) is 5.92 Å². The lowest BCUT2D eigenvalue weighted by Crippen LogP contribution is -2.56. The number of carbonyl (C=O) groups is 2. The van der Waals surface area contributed by atoms with Crippen molar-refractivity contribution in [3.63, 3.8) is 0 Å². The Morgan fingerprint density at radius 3 is 2.45 bits per heavy atom. The highest BCUT2D eigenvalue weighted by Gasteiger charge is 2.31. The quantitative estimate of drug-likeness (QED) is 0.801. The van der Waals surface area contributed by atoms with E-state index in [9.17, 15) is 9.59 Å². The third-order valence-electron chi connectivity index (χ3n) is 3.45. The lowest BCUT2D eigenvalue weighted by molar-refractivity contribution is -0.136. The molecule has 0 spiro atoms. The number of amides is 2. The van der Waals surface area contributed by atoms with Crippen LogP contribution in [0.15, 0.2) is 18.5 Å². The monoisotopic (exact) mass is 276 g/mol. The molecule has 0 radical (unpaired) electrons. The van der Waals surface area contributed by atoms with Crippen LogP contribution in [0, 0.1) is 5.92 Å². The van der Waals surface area contributed by atoms with E-state index in [0.29, 0.717) is 19.6 Å². The first-order chi connectivity index (χ1) is 9.50. The van der Waals surface area contributed by atoms with Crippen LogP contribution in [-0.4, -0.2) is 57.3 Å². The summed E-state index contributed by atoms with van der Waals surface area (Å²) in [6.07, 6.45) is 3.12. The Balaban J connectivity index is 2.04. The van der Waals surface area contributed by atoms with Crippen LogP contribution in [0.25, 0.3) is 0 Å². The Kier molecular flexibility index (Phi) is 4.32. The largest absolute Gasteiger partial charge is 0.339 e. The van der Waals surface area contributed by atoms with Gasteiger partial charge in [-0.05, 0) is 13.0 Å². The molecule has 1 aliphatic heterocycles. The van der Waals surface area contributed by atoms with Crippen molar-refractivity contribution in [3.05, 3.63) is 24.3 Å². The molecule has 0 N–H and O–H groups in total. The molecule has 1 aromatic rings. The minimum atomic E-state index is -0.172. The molecule has 1 atom stereocenters. The molecule has 0 saturated carbocycles. The van der Waals surface area contributed by atoms with Crippen molar-refractivity contribution >= 4 is 11.8 Å². The lowest BCUT2D eigenvalue weighted by Gasteiger charge is -2.40. The van der Waals surface area contributed by atoms with Crippen LogP contribution in [0.5, 0.6) is 0 Å². The van der Waals surface area contributed by atoms with Crippen molar-refractivity contribution < 1.29 is 9.59 Å². The van der Waals surface area contributed by atoms with Gasteiger partial charge in [0.2, 0.25) is 11.7 Å². The minimum absolute atomic E-state index is 0.0121. The van der Waals surface area contributed by atoms with Gasteiger partial charge in [0, 0.05) is 44.0 Å². The molecule has 1 aliphatic rings. The van der Waals surface area contributed by atoms with E-state index in [1.165, 1.54) is 0 Å². The van der Waals surface area contributed by atoms with E-state index < -0.39 is 0 Å². The minimum Gasteiger partial charge on any atom is -0.339 e. The fourth-order valence-electron chi connectivity index (χ4n) is 2.36. The zero-order valence-electron chi connectivity index (χ0n) is 12.1. The topological polar surface area (TPSA) is 66.4 Å². The standard InChI is InChI=1S/C14H20N4O2/c1-10(2)13(19)17-7-8-18(11(3)9-17)14(20)12-15-5-4-6-16-12/h4-6,10-11H,7-9H2,1-3H3. The fraction of sp³-hybridized carbons (Fsp3) is 0.571. The summed E-state index contributed by atoms with van der Waals surface area (Å²) < 4.78 is 0. The Morgan fingerprint density at radius 2 is 1.90 bits per heavy atom. The summed E-state index contributed by atoms with van der Waals surface area (Å²) in [5, 5.41) is 0. The van der Waals surface area contributed by atoms with Gasteiger partial charge >= 0.3 is 0 Å². The molecule has 6 heteroatoms. The van der Waals surface area contributed by atoms with Crippen LogP contribution in [0.4, 0.5) is 0 Å². The van der Waals surface area contributed by atoms with E-state index >= 15 is 0 Å². The molecule has 1 fully saturated rings. The molecule has 0 aromatic carbocycles. The summed E-state index contributed by atoms with van der Waals surface area (Å²) in [5.74, 6) is 0.166. The van der Waals surface area contributed by atoms with Gasteiger partial charge in [0.25, 0.3) is 5.91 Å². The number of piperazine rings is 1. The van der Waals surface area contributed by atoms with Crippen molar-refractivity contribution in [1.82, 2.24) is 19.8 Å². The Hall–Kier alpha value is -1.98. The molecule has 2 heterocycles. The average molecular weight is 276 g/mol. The van der Waals surface area contributed by atoms with E-state index in [4.69, 9.17) is 0 Å². The first-order valence-electron chi connectivity index (χ1n) is 6.87. The van der Waals surface area contributed by atoms with Gasteiger partial charge in [-0.15, -0.1) is 0 Å². The number of hydrogen-bond donors (Lipinski definition) is 0. The number of carbonyl (C=O) groups excluding carboxylic acids is 2. The second kappa shape index (κ2) is 5.98. The van der Waals surface area contributed by atoms with E-state index in [2.05, 4.69) is 9.97 Å². The van der Waals surface area contributed by atoms with Gasteiger partial charge < -0.3 is 9.80 Å². The van der Waals surface area contributed by atoms with Crippen LogP contribution in [-0.2, 0) is 4.79 Å².